The largest absolute Gasteiger partial charge is 1.00 e. The number of nitrogens with two attached hydrogens (primary N) is 2. The minimum atomic E-state index is -1.07. The second kappa shape index (κ2) is 65.1. The molecule has 0 radical (unpaired) electrons. The molecule has 3 aliphatic rings. The van der Waals surface area contributed by atoms with Crippen molar-refractivity contribution in [3.63, 3.8) is 0 Å². The molecule has 778 valence electrons. The number of alkyl halides is 1. The maximum Gasteiger partial charge on any atom is 1.00 e. The minimum absolute atomic E-state index is 0. The summed E-state index contributed by atoms with van der Waals surface area (Å²) in [5, 5.41) is 31.6. The van der Waals surface area contributed by atoms with Gasteiger partial charge in [0.15, 0.2) is 110 Å². The van der Waals surface area contributed by atoms with Crippen LogP contribution in [0.25, 0.3) is 32.7 Å². The number of ketones is 7. The van der Waals surface area contributed by atoms with Gasteiger partial charge >= 0.3 is 201 Å². The van der Waals surface area contributed by atoms with Crippen LogP contribution in [0, 0.1) is 51.1 Å². The predicted octanol–water partition coefficient (Wildman–Crippen LogP) is 6.21. The smallest absolute Gasteiger partial charge is 1.00 e. The van der Waals surface area contributed by atoms with Crippen molar-refractivity contribution < 1.29 is 339 Å². The number of pyridine rings is 3. The predicted molar refractivity (Wildman–Crippen MR) is 528 cm³/mol. The van der Waals surface area contributed by atoms with Crippen LogP contribution in [-0.2, 0) is 101 Å². The molecular weight excluding hydrogens is 2310 g/mol. The number of aromatic nitrogens is 3. The SMILES string of the molecule is COC(=O)CBr.COC(=O)CNCCCOc1cc2nccc(Oc3ccc(CC(=O)C4(C(=O)Cc5ccc(F)cc5)CC4)cc3F)c2cc1OC.COc1cc2c(Oc3ccc(CC(=O)C4(C(=O)Cc5ccc(F)cc5)CC4)cc3F)ccnc2cc1OCCCN.COc1cc2c(Oc3ccc(CC(=O)C4(C(=O)Cc5ccc(F)cc5)CC4)cc3F)ccnc2cc1OCCCNCC(=O)CO.Cl.NO.O=CO[O-].[Cs+].[Cs+].[H-].[H-].[K+]. The molecule has 149 heavy (non-hydrogen) atoms. The van der Waals surface area contributed by atoms with Crippen LogP contribution in [0.2, 0.25) is 0 Å². The number of nitrogens with one attached hydrogen (secondary N) is 2. The van der Waals surface area contributed by atoms with E-state index in [1.807, 2.05) is 0 Å². The van der Waals surface area contributed by atoms with Gasteiger partial charge in [-0.2, -0.15) is 0 Å². The Kier molecular flexibility index (Phi) is 56.4. The number of esters is 2. The molecule has 0 spiro atoms. The summed E-state index contributed by atoms with van der Waals surface area (Å²) in [7, 11) is 7.20. The zero-order valence-electron chi connectivity index (χ0n) is 85.1. The average molecular weight is 2420 g/mol. The van der Waals surface area contributed by atoms with Crippen LogP contribution in [0.4, 0.5) is 26.3 Å². The van der Waals surface area contributed by atoms with Crippen molar-refractivity contribution in [1.82, 2.24) is 25.6 Å². The molecule has 0 aliphatic heterocycles. The number of hydrogen-bond acceptors (Lipinski definition) is 32. The molecule has 3 fully saturated rings. The van der Waals surface area contributed by atoms with E-state index in [0.29, 0.717) is 215 Å². The Labute approximate surface area is 1030 Å². The Morgan fingerprint density at radius 1 is 0.403 bits per heavy atom. The number of benzene rings is 9. The molecular formula is C106H110BrClCs2F6KN7O25. The Morgan fingerprint density at radius 2 is 0.678 bits per heavy atom. The molecule has 3 aliphatic carbocycles. The number of aliphatic hydroxyl groups is 1. The normalized spacial score (nSPS) is 12.4. The molecule has 12 aromatic rings. The molecule has 0 amide bonds. The van der Waals surface area contributed by atoms with Crippen LogP contribution in [0.15, 0.2) is 201 Å². The Morgan fingerprint density at radius 3 is 0.919 bits per heavy atom. The van der Waals surface area contributed by atoms with Crippen molar-refractivity contribution in [3.05, 3.63) is 269 Å². The van der Waals surface area contributed by atoms with Gasteiger partial charge < -0.3 is 91.8 Å². The summed E-state index contributed by atoms with van der Waals surface area (Å²) in [5.41, 5.74) is 7.23. The van der Waals surface area contributed by atoms with Crippen molar-refractivity contribution in [2.75, 3.05) is 100 Å². The number of carbonyl (C=O) groups is 10. The van der Waals surface area contributed by atoms with E-state index in [-0.39, 0.29) is 343 Å². The minimum Gasteiger partial charge on any atom is -1.00 e. The number of carbonyl (C=O) groups excluding carboxylic acids is 10. The summed E-state index contributed by atoms with van der Waals surface area (Å²) in [6.45, 7) is 2.22. The fourth-order valence-electron chi connectivity index (χ4n) is 15.1. The van der Waals surface area contributed by atoms with E-state index in [1.165, 1.54) is 145 Å². The van der Waals surface area contributed by atoms with Gasteiger partial charge in [0.1, 0.15) is 46.6 Å². The third kappa shape index (κ3) is 37.9. The van der Waals surface area contributed by atoms with Crippen LogP contribution in [0.1, 0.15) is 94.0 Å². The van der Waals surface area contributed by atoms with Crippen molar-refractivity contribution >= 4 is 120 Å². The van der Waals surface area contributed by atoms with Crippen LogP contribution in [0.3, 0.4) is 0 Å². The van der Waals surface area contributed by atoms with E-state index in [0.717, 1.165) is 0 Å². The first-order chi connectivity index (χ1) is 70.0. The zero-order valence-corrected chi connectivity index (χ0v) is 101. The number of halogens is 8. The second-order valence-corrected chi connectivity index (χ2v) is 33.8. The summed E-state index contributed by atoms with van der Waals surface area (Å²) in [5.74, 6) is 1.82. The van der Waals surface area contributed by atoms with Gasteiger partial charge in [-0.05, 0) is 220 Å². The number of rotatable bonds is 48. The number of hydrogen-bond donors (Lipinski definition) is 6. The number of methoxy groups -OCH3 is 5. The van der Waals surface area contributed by atoms with Crippen LogP contribution >= 0.6 is 28.3 Å². The average Bonchev–Trinajstić information content (AvgIpc) is 1.61. The summed E-state index contributed by atoms with van der Waals surface area (Å²) in [6.07, 6.45) is 9.15. The van der Waals surface area contributed by atoms with Gasteiger partial charge in [-0.3, -0.25) is 62.9 Å². The molecule has 9 aromatic carbocycles. The number of aliphatic hydroxyl groups excluding tert-OH is 1. The summed E-state index contributed by atoms with van der Waals surface area (Å²) in [6, 6.07) is 44.9. The third-order valence-corrected chi connectivity index (χ3v) is 23.9. The first-order valence-corrected chi connectivity index (χ1v) is 46.6. The third-order valence-electron chi connectivity index (χ3n) is 23.5. The molecule has 15 rings (SSSR count). The molecule has 3 aromatic heterocycles. The van der Waals surface area contributed by atoms with E-state index in [9.17, 15) is 56.3 Å². The molecule has 0 unspecified atom stereocenters. The summed E-state index contributed by atoms with van der Waals surface area (Å²) >= 11 is 2.90. The fourth-order valence-corrected chi connectivity index (χ4v) is 15.3. The first-order valence-electron chi connectivity index (χ1n) is 45.5. The number of Topliss-reactive ketones (excluding diaryl/α,β-unsaturated/α-hetero) is 7. The van der Waals surface area contributed by atoms with Gasteiger partial charge in [0.25, 0.3) is 6.47 Å². The fraction of sp³-hybridized carbons (Fsp3) is 0.311. The van der Waals surface area contributed by atoms with Gasteiger partial charge in [0.05, 0.1) is 101 Å². The molecule has 3 heterocycles. The second-order valence-electron chi connectivity index (χ2n) is 33.2. The van der Waals surface area contributed by atoms with Crippen LogP contribution in [-0.4, -0.2) is 184 Å². The van der Waals surface area contributed by atoms with E-state index in [1.54, 1.807) is 91.1 Å². The molecule has 8 N–H and O–H groups in total. The maximum absolute atomic E-state index is 15.3. The Bertz CT molecular complexity index is 6300. The van der Waals surface area contributed by atoms with Gasteiger partial charge in [0, 0.05) is 91.5 Å². The quantitative estimate of drug-likeness (QED) is 0.00284. The number of ether oxygens (including phenoxy) is 11. The van der Waals surface area contributed by atoms with Crippen LogP contribution in [0.5, 0.6) is 69.0 Å². The van der Waals surface area contributed by atoms with Gasteiger partial charge in [-0.1, -0.05) is 70.5 Å². The van der Waals surface area contributed by atoms with E-state index >= 15 is 13.2 Å². The van der Waals surface area contributed by atoms with E-state index < -0.39 is 51.9 Å². The summed E-state index contributed by atoms with van der Waals surface area (Å²) < 4.78 is 146. The topological polar surface area (TPSA) is 460 Å². The van der Waals surface area contributed by atoms with Crippen molar-refractivity contribution in [2.24, 2.45) is 27.9 Å². The molecule has 0 atom stereocenters. The number of nitrogens with zero attached hydrogens (tertiary/aromatic N) is 3. The Hall–Kier alpha value is -8.68. The van der Waals surface area contributed by atoms with E-state index in [4.69, 9.17) is 68.7 Å². The molecule has 0 saturated heterocycles. The molecule has 0 bridgehead atoms. The number of fused-ring (bicyclic) bond motifs is 3. The first kappa shape index (κ1) is 129. The monoisotopic (exact) mass is 2410 g/mol. The van der Waals surface area contributed by atoms with E-state index in [2.05, 4.69) is 61.8 Å². The Balaban J connectivity index is 0.000000438. The molecule has 3 saturated carbocycles. The van der Waals surface area contributed by atoms with Crippen molar-refractivity contribution in [2.45, 2.75) is 96.3 Å². The van der Waals surface area contributed by atoms with Gasteiger partial charge in [0.2, 0.25) is 0 Å². The standard InChI is InChI=1S/2C35H34F2N2O7.C32H30F2N2O5.C3H5BrO2.CH2O3.ClH.2Cs.K.H3NO.2H/c1-43-30-19-25-27(20-31(30)45-15-3-13-38-21-34(42)44-2)39-14-10-28(25)46-29-9-6-23(16-26(29)37)18-33(41)35(11-12-35)32(40)17-22-4-7-24(36)8-5-22;1-44-31-18-26-28(19-32(31)45-14-2-12-38-20-25(41)21-40)39-13-9-29(26)46-30-8-5-23(15-27(30)37)17-34(43)35(10-11-35)33(42)16-22-3-6-24(36)7-4-22;1-39-28-18-23-25(19-29(28)40-14-2-12-35)36-13-9-26(23)41-27-8-5-21(15-24(27)34)17-31(38)32(10-11-32)30(37)16-20-3-6-22(33)7-4-20;1-6-3(5)2-4;2-1-4-3;;;;;1-2;;/h4-10,14,16,19-20,38H,3,11-13,15,17-18,21H2,1-2H3;3-9,13,15,18-19,38,40H,2,10-12,14,16-17,20-21H2,1H3;3-9,13,15,18-19H,2,10-12,14,16-17,35H2,1H3;2H2,1H3;1,3H;1H;;;;2H,1H2;;/q;;;;;;3*+1;;2*-1/p-1. The zero-order chi connectivity index (χ0) is 105. The van der Waals surface area contributed by atoms with Gasteiger partial charge in [-0.15, -0.1) is 12.4 Å². The van der Waals surface area contributed by atoms with Crippen molar-refractivity contribution in [1.29, 1.82) is 0 Å². The molecule has 32 nitrogen and oxygen atoms in total. The van der Waals surface area contributed by atoms with Crippen LogP contribution < -0.4 is 259 Å². The molecule has 43 heteroatoms. The van der Waals surface area contributed by atoms with Gasteiger partial charge in [-0.25, -0.2) is 32.2 Å². The summed E-state index contributed by atoms with van der Waals surface area (Å²) in [4.78, 5) is 135. The van der Waals surface area contributed by atoms with Crippen molar-refractivity contribution in [3.8, 4) is 69.0 Å². The maximum atomic E-state index is 15.3.